The van der Waals surface area contributed by atoms with E-state index < -0.39 is 23.8 Å². The summed E-state index contributed by atoms with van der Waals surface area (Å²) < 4.78 is 15.1. The molecule has 0 aliphatic rings. The summed E-state index contributed by atoms with van der Waals surface area (Å²) >= 11 is 0.725. The first kappa shape index (κ1) is 25.5. The molecule has 0 bridgehead atoms. The van der Waals surface area contributed by atoms with Gasteiger partial charge in [-0.15, -0.1) is 0 Å². The van der Waals surface area contributed by atoms with E-state index in [0.717, 1.165) is 17.1 Å². The van der Waals surface area contributed by atoms with Crippen molar-refractivity contribution in [3.05, 3.63) is 94.4 Å². The Morgan fingerprint density at radius 3 is 2.49 bits per heavy atom. The van der Waals surface area contributed by atoms with Gasteiger partial charge in [-0.2, -0.15) is 4.37 Å². The third-order valence-corrected chi connectivity index (χ3v) is 6.40. The first-order valence-corrected chi connectivity index (χ1v) is 12.0. The second-order valence-corrected chi connectivity index (χ2v) is 8.84. The molecular formula is C26H25N5O5S. The molecule has 0 saturated heterocycles. The minimum Gasteiger partial charge on any atom is -0.497 e. The molecule has 0 saturated carbocycles. The van der Waals surface area contributed by atoms with Gasteiger partial charge < -0.3 is 25.9 Å². The van der Waals surface area contributed by atoms with Gasteiger partial charge in [0.1, 0.15) is 22.1 Å². The van der Waals surface area contributed by atoms with Crippen LogP contribution in [0.2, 0.25) is 0 Å². The highest BCUT2D eigenvalue weighted by molar-refractivity contribution is 7.09. The number of hydrogen-bond donors (Lipinski definition) is 3. The Labute approximate surface area is 217 Å². The maximum atomic E-state index is 14.0. The first-order chi connectivity index (χ1) is 17.8. The SMILES string of the molecule is COc1cccc(N(C(=O)c2snc(C(N)=O)c2N)C(C(=O)NCc2ccccc2)c2ccc(C)o2)c1. The summed E-state index contributed by atoms with van der Waals surface area (Å²) in [4.78, 5) is 40.7. The minimum atomic E-state index is -1.23. The van der Waals surface area contributed by atoms with Gasteiger partial charge in [0.05, 0.1) is 12.8 Å². The molecule has 2 aromatic heterocycles. The number of primary amides is 1. The number of amides is 3. The minimum absolute atomic E-state index is 0.0410. The van der Waals surface area contributed by atoms with Crippen LogP contribution in [0, 0.1) is 6.92 Å². The predicted octanol–water partition coefficient (Wildman–Crippen LogP) is 3.44. The van der Waals surface area contributed by atoms with Gasteiger partial charge in [0, 0.05) is 18.3 Å². The molecule has 190 valence electrons. The third-order valence-electron chi connectivity index (χ3n) is 5.55. The highest BCUT2D eigenvalue weighted by Crippen LogP contribution is 2.35. The second kappa shape index (κ2) is 11.0. The van der Waals surface area contributed by atoms with E-state index in [4.69, 9.17) is 20.6 Å². The average Bonchev–Trinajstić information content (AvgIpc) is 3.51. The van der Waals surface area contributed by atoms with Crippen molar-refractivity contribution >= 4 is 40.6 Å². The van der Waals surface area contributed by atoms with Gasteiger partial charge in [0.15, 0.2) is 11.7 Å². The molecule has 37 heavy (non-hydrogen) atoms. The Balaban J connectivity index is 1.82. The maximum Gasteiger partial charge on any atom is 0.273 e. The molecule has 4 aromatic rings. The van der Waals surface area contributed by atoms with Crippen molar-refractivity contribution in [2.45, 2.75) is 19.5 Å². The van der Waals surface area contributed by atoms with Crippen LogP contribution in [-0.4, -0.2) is 29.2 Å². The van der Waals surface area contributed by atoms with E-state index >= 15 is 0 Å². The summed E-state index contributed by atoms with van der Waals surface area (Å²) in [6, 6.07) is 18.1. The van der Waals surface area contributed by atoms with Crippen molar-refractivity contribution in [3.63, 3.8) is 0 Å². The number of nitrogen functional groups attached to an aromatic ring is 1. The van der Waals surface area contributed by atoms with Crippen LogP contribution in [0.3, 0.4) is 0 Å². The van der Waals surface area contributed by atoms with Crippen molar-refractivity contribution in [2.75, 3.05) is 17.7 Å². The molecule has 1 atom stereocenters. The summed E-state index contributed by atoms with van der Waals surface area (Å²) in [5, 5.41) is 2.89. The topological polar surface area (TPSA) is 154 Å². The second-order valence-electron chi connectivity index (χ2n) is 8.07. The molecule has 1 unspecified atom stereocenters. The van der Waals surface area contributed by atoms with Crippen LogP contribution < -0.4 is 26.4 Å². The van der Waals surface area contributed by atoms with Crippen LogP contribution in [0.25, 0.3) is 0 Å². The lowest BCUT2D eigenvalue weighted by atomic mass is 10.1. The number of methoxy groups -OCH3 is 1. The fraction of sp³-hybridized carbons (Fsp3) is 0.154. The molecule has 4 rings (SSSR count). The van der Waals surface area contributed by atoms with Gasteiger partial charge in [0.25, 0.3) is 17.7 Å². The molecule has 11 heteroatoms. The number of aromatic nitrogens is 1. The molecule has 0 fully saturated rings. The van der Waals surface area contributed by atoms with E-state index in [1.54, 1.807) is 43.3 Å². The Morgan fingerprint density at radius 1 is 1.11 bits per heavy atom. The van der Waals surface area contributed by atoms with Crippen molar-refractivity contribution < 1.29 is 23.5 Å². The maximum absolute atomic E-state index is 14.0. The number of anilines is 2. The number of nitrogens with zero attached hydrogens (tertiary/aromatic N) is 2. The number of carbonyl (C=O) groups is 3. The number of nitrogens with two attached hydrogens (primary N) is 2. The Bertz CT molecular complexity index is 1430. The van der Waals surface area contributed by atoms with E-state index in [-0.39, 0.29) is 28.6 Å². The van der Waals surface area contributed by atoms with Gasteiger partial charge in [-0.25, -0.2) is 0 Å². The largest absolute Gasteiger partial charge is 0.497 e. The summed E-state index contributed by atoms with van der Waals surface area (Å²) in [5.41, 5.74) is 12.3. The van der Waals surface area contributed by atoms with Gasteiger partial charge in [-0.1, -0.05) is 36.4 Å². The summed E-state index contributed by atoms with van der Waals surface area (Å²) in [7, 11) is 1.49. The smallest absolute Gasteiger partial charge is 0.273 e. The Morgan fingerprint density at radius 2 is 1.86 bits per heavy atom. The standard InChI is InChI=1S/C26H25N5O5S/c1-15-11-12-19(36-15)22(25(33)29-14-16-7-4-3-5-8-16)31(17-9-6-10-18(13-17)35-2)26(34)23-20(27)21(24(28)32)30-37-23/h3-13,22H,14,27H2,1-2H3,(H2,28,32)(H,29,33). The summed E-state index contributed by atoms with van der Waals surface area (Å²) in [5.74, 6) is -0.763. The monoisotopic (exact) mass is 519 g/mol. The lowest BCUT2D eigenvalue weighted by molar-refractivity contribution is -0.123. The van der Waals surface area contributed by atoms with E-state index in [1.807, 2.05) is 30.3 Å². The molecular weight excluding hydrogens is 494 g/mol. The van der Waals surface area contributed by atoms with Crippen molar-refractivity contribution in [3.8, 4) is 5.75 Å². The normalized spacial score (nSPS) is 11.5. The number of rotatable bonds is 9. The van der Waals surface area contributed by atoms with Crippen molar-refractivity contribution in [1.82, 2.24) is 9.69 Å². The zero-order valence-electron chi connectivity index (χ0n) is 20.1. The number of benzene rings is 2. The summed E-state index contributed by atoms with van der Waals surface area (Å²) in [6.45, 7) is 1.96. The molecule has 2 heterocycles. The lowest BCUT2D eigenvalue weighted by Crippen LogP contribution is -2.43. The number of carbonyl (C=O) groups excluding carboxylic acids is 3. The number of nitrogens with one attached hydrogen (secondary N) is 1. The van der Waals surface area contributed by atoms with Gasteiger partial charge in [0.2, 0.25) is 0 Å². The number of hydrogen-bond acceptors (Lipinski definition) is 8. The zero-order chi connectivity index (χ0) is 26.5. The van der Waals surface area contributed by atoms with Gasteiger partial charge >= 0.3 is 0 Å². The molecule has 10 nitrogen and oxygen atoms in total. The molecule has 0 spiro atoms. The molecule has 3 amide bonds. The van der Waals surface area contributed by atoms with E-state index in [2.05, 4.69) is 9.69 Å². The first-order valence-electron chi connectivity index (χ1n) is 11.2. The summed E-state index contributed by atoms with van der Waals surface area (Å²) in [6.07, 6.45) is 0. The molecule has 0 aliphatic heterocycles. The fourth-order valence-electron chi connectivity index (χ4n) is 3.74. The third kappa shape index (κ3) is 5.46. The van der Waals surface area contributed by atoms with E-state index in [9.17, 15) is 14.4 Å². The fourth-order valence-corrected chi connectivity index (χ4v) is 4.48. The van der Waals surface area contributed by atoms with Crippen LogP contribution in [0.15, 0.2) is 71.1 Å². The van der Waals surface area contributed by atoms with Crippen molar-refractivity contribution in [1.29, 1.82) is 0 Å². The molecule has 2 aromatic carbocycles. The average molecular weight is 520 g/mol. The van der Waals surface area contributed by atoms with Crippen LogP contribution in [-0.2, 0) is 11.3 Å². The predicted molar refractivity (Wildman–Crippen MR) is 139 cm³/mol. The van der Waals surface area contributed by atoms with Gasteiger partial charge in [-0.05, 0) is 48.3 Å². The zero-order valence-corrected chi connectivity index (χ0v) is 21.0. The molecule has 5 N–H and O–H groups in total. The molecule has 0 radical (unpaired) electrons. The van der Waals surface area contributed by atoms with Crippen molar-refractivity contribution in [2.24, 2.45) is 5.73 Å². The van der Waals surface area contributed by atoms with Crippen LogP contribution >= 0.6 is 11.5 Å². The number of furan rings is 1. The highest BCUT2D eigenvalue weighted by Gasteiger charge is 2.38. The Kier molecular flexibility index (Phi) is 7.54. The molecule has 0 aliphatic carbocycles. The van der Waals surface area contributed by atoms with E-state index in [1.165, 1.54) is 12.0 Å². The van der Waals surface area contributed by atoms with Gasteiger partial charge in [-0.3, -0.25) is 19.3 Å². The van der Waals surface area contributed by atoms with E-state index in [0.29, 0.717) is 17.2 Å². The quantitative estimate of drug-likeness (QED) is 0.306. The number of aryl methyl sites for hydroxylation is 1. The van der Waals surface area contributed by atoms with Crippen LogP contribution in [0.5, 0.6) is 5.75 Å². The highest BCUT2D eigenvalue weighted by atomic mass is 32.1. The lowest BCUT2D eigenvalue weighted by Gasteiger charge is -2.30. The van der Waals surface area contributed by atoms with Crippen LogP contribution in [0.1, 0.15) is 43.3 Å². The Hall–Kier alpha value is -4.64. The van der Waals surface area contributed by atoms with Crippen LogP contribution in [0.4, 0.5) is 11.4 Å². The number of ether oxygens (including phenoxy) is 1.